The molecule has 1 rings (SSSR count). The topological polar surface area (TPSA) is 72.8 Å². The Morgan fingerprint density at radius 3 is 2.56 bits per heavy atom. The fourth-order valence-electron chi connectivity index (χ4n) is 1.45. The summed E-state index contributed by atoms with van der Waals surface area (Å²) in [5, 5.41) is 9.10. The first-order chi connectivity index (χ1) is 8.62. The molecule has 1 aromatic rings. The van der Waals surface area contributed by atoms with Crippen molar-refractivity contribution in [2.24, 2.45) is 0 Å². The molecular weight excluding hydrogens is 255 g/mol. The molecule has 0 heterocycles. The van der Waals surface area contributed by atoms with E-state index in [0.717, 1.165) is 0 Å². The molecule has 5 nitrogen and oxygen atoms in total. The molecule has 1 aromatic carbocycles. The first kappa shape index (κ1) is 14.9. The highest BCUT2D eigenvalue weighted by molar-refractivity contribution is 7.67. The van der Waals surface area contributed by atoms with Gasteiger partial charge in [0.25, 0.3) is 0 Å². The zero-order chi connectivity index (χ0) is 13.4. The number of aliphatic hydroxyl groups excluding tert-OH is 1. The van der Waals surface area contributed by atoms with Crippen LogP contribution < -0.4 is 5.30 Å². The van der Waals surface area contributed by atoms with Gasteiger partial charge in [-0.3, -0.25) is 9.36 Å². The lowest BCUT2D eigenvalue weighted by atomic mass is 10.4. The number of ether oxygens (including phenoxy) is 1. The summed E-state index contributed by atoms with van der Waals surface area (Å²) in [6, 6.07) is 8.78. The molecule has 0 radical (unpaired) electrons. The van der Waals surface area contributed by atoms with Crippen molar-refractivity contribution in [1.29, 1.82) is 0 Å². The van der Waals surface area contributed by atoms with Crippen LogP contribution in [-0.2, 0) is 18.6 Å². The van der Waals surface area contributed by atoms with Crippen LogP contribution in [0.4, 0.5) is 0 Å². The van der Waals surface area contributed by atoms with Crippen molar-refractivity contribution in [1.82, 2.24) is 0 Å². The van der Waals surface area contributed by atoms with Gasteiger partial charge in [0.05, 0.1) is 13.0 Å². The first-order valence-electron chi connectivity index (χ1n) is 5.59. The van der Waals surface area contributed by atoms with E-state index in [-0.39, 0.29) is 25.8 Å². The second-order valence-electron chi connectivity index (χ2n) is 3.61. The third kappa shape index (κ3) is 4.26. The highest BCUT2D eigenvalue weighted by Crippen LogP contribution is 2.45. The van der Waals surface area contributed by atoms with E-state index >= 15 is 0 Å². The maximum Gasteiger partial charge on any atom is 0.306 e. The smallest absolute Gasteiger partial charge is 0.306 e. The Morgan fingerprint density at radius 2 is 2.00 bits per heavy atom. The number of esters is 1. The minimum atomic E-state index is -3.00. The molecule has 1 N–H and O–H groups in total. The Hall–Kier alpha value is -1.16. The van der Waals surface area contributed by atoms with Crippen molar-refractivity contribution in [2.45, 2.75) is 6.42 Å². The molecule has 0 aromatic heterocycles. The molecule has 18 heavy (non-hydrogen) atoms. The largest absolute Gasteiger partial charge is 0.463 e. The Kier molecular flexibility index (Phi) is 6.05. The molecule has 100 valence electrons. The van der Waals surface area contributed by atoms with Crippen molar-refractivity contribution in [2.75, 3.05) is 26.5 Å². The van der Waals surface area contributed by atoms with Crippen LogP contribution in [0, 0.1) is 0 Å². The van der Waals surface area contributed by atoms with Gasteiger partial charge in [-0.25, -0.2) is 0 Å². The van der Waals surface area contributed by atoms with E-state index < -0.39 is 13.3 Å². The summed E-state index contributed by atoms with van der Waals surface area (Å²) in [5.41, 5.74) is 0. The molecule has 0 aliphatic heterocycles. The Morgan fingerprint density at radius 1 is 1.33 bits per heavy atom. The summed E-state index contributed by atoms with van der Waals surface area (Å²) >= 11 is 0. The van der Waals surface area contributed by atoms with E-state index in [4.69, 9.17) is 14.4 Å². The molecule has 0 aliphatic carbocycles. The number of carbonyl (C=O) groups excluding carboxylic acids is 1. The zero-order valence-corrected chi connectivity index (χ0v) is 11.1. The second-order valence-corrected chi connectivity index (χ2v) is 6.28. The molecule has 0 saturated carbocycles. The highest BCUT2D eigenvalue weighted by Gasteiger charge is 2.25. The molecule has 0 fully saturated rings. The third-order valence-electron chi connectivity index (χ3n) is 2.41. The molecule has 6 heteroatoms. The maximum absolute atomic E-state index is 12.5. The predicted octanol–water partition coefficient (Wildman–Crippen LogP) is 1.16. The molecule has 0 aliphatic rings. The summed E-state index contributed by atoms with van der Waals surface area (Å²) in [7, 11) is -1.63. The van der Waals surface area contributed by atoms with Gasteiger partial charge < -0.3 is 14.4 Å². The zero-order valence-electron chi connectivity index (χ0n) is 10.2. The average Bonchev–Trinajstić information content (AvgIpc) is 2.43. The van der Waals surface area contributed by atoms with Gasteiger partial charge in [-0.05, 0) is 12.1 Å². The SMILES string of the molecule is COP(=O)(CCC(=O)OCCO)c1ccccc1. The van der Waals surface area contributed by atoms with E-state index in [0.29, 0.717) is 5.30 Å². The number of benzene rings is 1. The van der Waals surface area contributed by atoms with Crippen LogP contribution in [-0.4, -0.2) is 37.6 Å². The standard InChI is InChI=1S/C12H17O5P/c1-16-18(15,11-5-3-2-4-6-11)10-7-12(14)17-9-8-13/h2-6,13H,7-10H2,1H3. The lowest BCUT2D eigenvalue weighted by Crippen LogP contribution is -2.14. The minimum Gasteiger partial charge on any atom is -0.463 e. The van der Waals surface area contributed by atoms with Gasteiger partial charge in [0.15, 0.2) is 0 Å². The van der Waals surface area contributed by atoms with Gasteiger partial charge in [0, 0.05) is 18.6 Å². The van der Waals surface area contributed by atoms with Gasteiger partial charge in [0.1, 0.15) is 6.61 Å². The second kappa shape index (κ2) is 7.31. The molecule has 0 saturated heterocycles. The van der Waals surface area contributed by atoms with Gasteiger partial charge >= 0.3 is 5.97 Å². The molecule has 0 amide bonds. The van der Waals surface area contributed by atoms with Crippen LogP contribution in [0.1, 0.15) is 6.42 Å². The molecule has 1 atom stereocenters. The maximum atomic E-state index is 12.5. The summed E-state index contributed by atoms with van der Waals surface area (Å²) in [6.07, 6.45) is 0.0950. The Balaban J connectivity index is 2.62. The minimum absolute atomic E-state index is 0.0000120. The normalized spacial score (nSPS) is 13.9. The fraction of sp³-hybridized carbons (Fsp3) is 0.417. The first-order valence-corrected chi connectivity index (χ1v) is 7.40. The van der Waals surface area contributed by atoms with E-state index in [9.17, 15) is 9.36 Å². The third-order valence-corrected chi connectivity index (χ3v) is 4.90. The quantitative estimate of drug-likeness (QED) is 0.595. The Bertz CT molecular complexity index is 418. The van der Waals surface area contributed by atoms with Gasteiger partial charge in [0.2, 0.25) is 7.37 Å². The van der Waals surface area contributed by atoms with Crippen molar-refractivity contribution in [3.8, 4) is 0 Å². The Labute approximate surface area is 106 Å². The summed E-state index contributed by atoms with van der Waals surface area (Å²) in [6.45, 7) is -0.256. The number of hydrogen-bond acceptors (Lipinski definition) is 5. The highest BCUT2D eigenvalue weighted by atomic mass is 31.2. The van der Waals surface area contributed by atoms with Gasteiger partial charge in [-0.1, -0.05) is 18.2 Å². The van der Waals surface area contributed by atoms with Crippen LogP contribution in [0.5, 0.6) is 0 Å². The lowest BCUT2D eigenvalue weighted by Gasteiger charge is -2.15. The predicted molar refractivity (Wildman–Crippen MR) is 68.2 cm³/mol. The number of aliphatic hydroxyl groups is 1. The van der Waals surface area contributed by atoms with Crippen molar-refractivity contribution < 1.29 is 23.7 Å². The van der Waals surface area contributed by atoms with Crippen LogP contribution in [0.3, 0.4) is 0 Å². The number of carbonyl (C=O) groups is 1. The summed E-state index contributed by atoms with van der Waals surface area (Å²) < 4.78 is 22.3. The summed E-state index contributed by atoms with van der Waals surface area (Å²) in [5.74, 6) is -0.489. The molecular formula is C12H17O5P. The fourth-order valence-corrected chi connectivity index (χ4v) is 3.21. The average molecular weight is 272 g/mol. The van der Waals surface area contributed by atoms with Crippen LogP contribution in [0.15, 0.2) is 30.3 Å². The van der Waals surface area contributed by atoms with Gasteiger partial charge in [-0.15, -0.1) is 0 Å². The number of hydrogen-bond donors (Lipinski definition) is 1. The molecule has 0 spiro atoms. The molecule has 0 bridgehead atoms. The van der Waals surface area contributed by atoms with E-state index in [2.05, 4.69) is 0 Å². The number of rotatable bonds is 7. The van der Waals surface area contributed by atoms with Crippen LogP contribution in [0.2, 0.25) is 0 Å². The van der Waals surface area contributed by atoms with E-state index in [1.165, 1.54) is 7.11 Å². The van der Waals surface area contributed by atoms with E-state index in [1.54, 1.807) is 24.3 Å². The van der Waals surface area contributed by atoms with E-state index in [1.807, 2.05) is 6.07 Å². The summed E-state index contributed by atoms with van der Waals surface area (Å²) in [4.78, 5) is 11.3. The van der Waals surface area contributed by atoms with Crippen LogP contribution in [0.25, 0.3) is 0 Å². The van der Waals surface area contributed by atoms with Crippen LogP contribution >= 0.6 is 7.37 Å². The monoisotopic (exact) mass is 272 g/mol. The van der Waals surface area contributed by atoms with Crippen molar-refractivity contribution in [3.63, 3.8) is 0 Å². The lowest BCUT2D eigenvalue weighted by molar-refractivity contribution is -0.144. The van der Waals surface area contributed by atoms with Crippen molar-refractivity contribution >= 4 is 18.6 Å². The van der Waals surface area contributed by atoms with Crippen molar-refractivity contribution in [3.05, 3.63) is 30.3 Å². The van der Waals surface area contributed by atoms with Gasteiger partial charge in [-0.2, -0.15) is 0 Å². The molecule has 1 unspecified atom stereocenters.